The molecule has 0 aliphatic heterocycles. The van der Waals surface area contributed by atoms with Crippen LogP contribution in [0.15, 0.2) is 33.8 Å². The molecular weight excluding hydrogens is 332 g/mol. The molecule has 6 heteroatoms. The number of aromatic amines is 1. The van der Waals surface area contributed by atoms with Crippen molar-refractivity contribution in [3.63, 3.8) is 0 Å². The van der Waals surface area contributed by atoms with E-state index in [4.69, 9.17) is 0 Å². The number of nitrogens with one attached hydrogen (secondary N) is 2. The Bertz CT molecular complexity index is 693. The predicted molar refractivity (Wildman–Crippen MR) is 84.4 cm³/mol. The molecule has 5 nitrogen and oxygen atoms in total. The lowest BCUT2D eigenvalue weighted by atomic mass is 9.96. The zero-order chi connectivity index (χ0) is 14.7. The Morgan fingerprint density at radius 1 is 1.33 bits per heavy atom. The van der Waals surface area contributed by atoms with E-state index in [9.17, 15) is 4.79 Å². The topological polar surface area (TPSA) is 70.1 Å². The van der Waals surface area contributed by atoms with E-state index >= 15 is 0 Å². The number of amides is 1. The zero-order valence-corrected chi connectivity index (χ0v) is 13.0. The van der Waals surface area contributed by atoms with Crippen LogP contribution in [0.5, 0.6) is 0 Å². The van der Waals surface area contributed by atoms with Crippen molar-refractivity contribution in [1.29, 1.82) is 0 Å². The lowest BCUT2D eigenvalue weighted by Gasteiger charge is -2.10. The molecule has 1 amide bonds. The first-order valence-corrected chi connectivity index (χ1v) is 7.69. The third-order valence-corrected chi connectivity index (χ3v) is 4.27. The van der Waals surface area contributed by atoms with E-state index < -0.39 is 0 Å². The van der Waals surface area contributed by atoms with Crippen molar-refractivity contribution in [2.45, 2.75) is 25.7 Å². The van der Waals surface area contributed by atoms with Gasteiger partial charge in [0.1, 0.15) is 0 Å². The summed E-state index contributed by atoms with van der Waals surface area (Å²) in [7, 11) is 0. The largest absolute Gasteiger partial charge is 0.292 e. The van der Waals surface area contributed by atoms with Gasteiger partial charge in [-0.25, -0.2) is 5.43 Å². The second-order valence-corrected chi connectivity index (χ2v) is 5.81. The average Bonchev–Trinajstić information content (AvgIpc) is 2.93. The normalized spacial score (nSPS) is 14.1. The van der Waals surface area contributed by atoms with Crippen LogP contribution in [-0.4, -0.2) is 22.3 Å². The maximum absolute atomic E-state index is 12.1. The molecule has 21 heavy (non-hydrogen) atoms. The summed E-state index contributed by atoms with van der Waals surface area (Å²) in [5.74, 6) is -0.266. The number of fused-ring (bicyclic) bond motifs is 1. The van der Waals surface area contributed by atoms with Crippen LogP contribution in [0.25, 0.3) is 0 Å². The molecule has 0 bridgehead atoms. The molecule has 0 fully saturated rings. The van der Waals surface area contributed by atoms with Crippen LogP contribution in [0.3, 0.4) is 0 Å². The number of carbonyl (C=O) groups is 1. The number of rotatable bonds is 3. The molecule has 0 atom stereocenters. The molecule has 0 unspecified atom stereocenters. The lowest BCUT2D eigenvalue weighted by Crippen LogP contribution is -2.20. The molecule has 1 aromatic carbocycles. The van der Waals surface area contributed by atoms with E-state index in [1.165, 1.54) is 0 Å². The van der Waals surface area contributed by atoms with E-state index in [0.717, 1.165) is 47.0 Å². The van der Waals surface area contributed by atoms with E-state index in [0.29, 0.717) is 5.69 Å². The van der Waals surface area contributed by atoms with Crippen LogP contribution in [0.4, 0.5) is 0 Å². The summed E-state index contributed by atoms with van der Waals surface area (Å²) in [5.41, 5.74) is 6.03. The third kappa shape index (κ3) is 3.05. The molecule has 0 radical (unpaired) electrons. The highest BCUT2D eigenvalue weighted by Crippen LogP contribution is 2.21. The number of aryl methyl sites for hydroxylation is 1. The van der Waals surface area contributed by atoms with E-state index in [2.05, 4.69) is 36.7 Å². The Morgan fingerprint density at radius 2 is 2.14 bits per heavy atom. The smallest absolute Gasteiger partial charge is 0.281 e. The molecule has 3 rings (SSSR count). The van der Waals surface area contributed by atoms with Gasteiger partial charge in [-0.05, 0) is 31.7 Å². The summed E-state index contributed by atoms with van der Waals surface area (Å²) in [6.45, 7) is 0. The number of nitrogens with zero attached hydrogens (tertiary/aromatic N) is 2. The Balaban J connectivity index is 1.70. The number of hydrogen-bond donors (Lipinski definition) is 2. The standard InChI is InChI=1S/C15H15BrN4O/c16-12-7-3-1-5-10(12)9-17-20-15(21)14-11-6-2-4-8-13(11)18-19-14/h1,3,5,7,9H,2,4,6,8H2,(H,18,19)(H,20,21)/b17-9+. The van der Waals surface area contributed by atoms with Crippen molar-refractivity contribution >= 4 is 28.1 Å². The van der Waals surface area contributed by atoms with Crippen LogP contribution < -0.4 is 5.43 Å². The molecule has 1 aliphatic carbocycles. The van der Waals surface area contributed by atoms with Gasteiger partial charge in [-0.3, -0.25) is 9.89 Å². The second kappa shape index (κ2) is 6.22. The highest BCUT2D eigenvalue weighted by molar-refractivity contribution is 9.10. The van der Waals surface area contributed by atoms with Gasteiger partial charge in [0.15, 0.2) is 5.69 Å². The van der Waals surface area contributed by atoms with Crippen molar-refractivity contribution in [2.24, 2.45) is 5.10 Å². The molecule has 1 aliphatic rings. The number of H-pyrrole nitrogens is 1. The molecule has 0 saturated carbocycles. The van der Waals surface area contributed by atoms with Gasteiger partial charge in [0.05, 0.1) is 6.21 Å². The number of hydrogen-bond acceptors (Lipinski definition) is 3. The minimum Gasteiger partial charge on any atom is -0.281 e. The molecule has 2 aromatic rings. The van der Waals surface area contributed by atoms with Crippen molar-refractivity contribution in [3.8, 4) is 0 Å². The van der Waals surface area contributed by atoms with E-state index in [1.807, 2.05) is 24.3 Å². The van der Waals surface area contributed by atoms with Gasteiger partial charge >= 0.3 is 0 Å². The average molecular weight is 347 g/mol. The molecule has 0 spiro atoms. The lowest BCUT2D eigenvalue weighted by molar-refractivity contribution is 0.0949. The van der Waals surface area contributed by atoms with E-state index in [1.54, 1.807) is 6.21 Å². The molecule has 2 N–H and O–H groups in total. The second-order valence-electron chi connectivity index (χ2n) is 4.96. The fraction of sp³-hybridized carbons (Fsp3) is 0.267. The summed E-state index contributed by atoms with van der Waals surface area (Å²) in [4.78, 5) is 12.1. The Labute approximate surface area is 131 Å². The van der Waals surface area contributed by atoms with E-state index in [-0.39, 0.29) is 5.91 Å². The zero-order valence-electron chi connectivity index (χ0n) is 11.4. The molecular formula is C15H15BrN4O. The Morgan fingerprint density at radius 3 is 3.00 bits per heavy atom. The first-order chi connectivity index (χ1) is 10.3. The van der Waals surface area contributed by atoms with Crippen molar-refractivity contribution in [2.75, 3.05) is 0 Å². The first-order valence-electron chi connectivity index (χ1n) is 6.90. The van der Waals surface area contributed by atoms with Gasteiger partial charge in [0.25, 0.3) is 5.91 Å². The summed E-state index contributed by atoms with van der Waals surface area (Å²) < 4.78 is 0.931. The number of halogens is 1. The Kier molecular flexibility index (Phi) is 4.15. The van der Waals surface area contributed by atoms with Gasteiger partial charge in [-0.15, -0.1) is 0 Å². The van der Waals surface area contributed by atoms with Crippen LogP contribution in [0, 0.1) is 0 Å². The molecule has 108 valence electrons. The third-order valence-electron chi connectivity index (χ3n) is 3.55. The predicted octanol–water partition coefficient (Wildman–Crippen LogP) is 2.81. The minimum absolute atomic E-state index is 0.266. The fourth-order valence-corrected chi connectivity index (χ4v) is 2.85. The van der Waals surface area contributed by atoms with Crippen LogP contribution >= 0.6 is 15.9 Å². The summed E-state index contributed by atoms with van der Waals surface area (Å²) in [5, 5.41) is 11.1. The quantitative estimate of drug-likeness (QED) is 0.662. The highest BCUT2D eigenvalue weighted by Gasteiger charge is 2.21. The minimum atomic E-state index is -0.266. The number of carbonyl (C=O) groups excluding carboxylic acids is 1. The summed E-state index contributed by atoms with van der Waals surface area (Å²) in [6, 6.07) is 7.68. The van der Waals surface area contributed by atoms with Gasteiger partial charge in [0, 0.05) is 21.3 Å². The number of aromatic nitrogens is 2. The van der Waals surface area contributed by atoms with Gasteiger partial charge in [0.2, 0.25) is 0 Å². The van der Waals surface area contributed by atoms with Gasteiger partial charge in [-0.2, -0.15) is 10.2 Å². The van der Waals surface area contributed by atoms with Crippen LogP contribution in [0.2, 0.25) is 0 Å². The van der Waals surface area contributed by atoms with Crippen LogP contribution in [0.1, 0.15) is 40.2 Å². The summed E-state index contributed by atoms with van der Waals surface area (Å²) in [6.07, 6.45) is 5.74. The monoisotopic (exact) mass is 346 g/mol. The van der Waals surface area contributed by atoms with Crippen molar-refractivity contribution in [1.82, 2.24) is 15.6 Å². The Hall–Kier alpha value is -1.95. The van der Waals surface area contributed by atoms with Crippen molar-refractivity contribution in [3.05, 3.63) is 51.3 Å². The van der Waals surface area contributed by atoms with Gasteiger partial charge < -0.3 is 0 Å². The number of benzene rings is 1. The molecule has 1 aromatic heterocycles. The number of hydrazone groups is 1. The summed E-state index contributed by atoms with van der Waals surface area (Å²) >= 11 is 3.43. The fourth-order valence-electron chi connectivity index (χ4n) is 2.46. The first kappa shape index (κ1) is 14.0. The van der Waals surface area contributed by atoms with Gasteiger partial charge in [-0.1, -0.05) is 34.1 Å². The maximum Gasteiger partial charge on any atom is 0.292 e. The highest BCUT2D eigenvalue weighted by atomic mass is 79.9. The van der Waals surface area contributed by atoms with Crippen molar-refractivity contribution < 1.29 is 4.79 Å². The molecule has 1 heterocycles. The van der Waals surface area contributed by atoms with Crippen LogP contribution in [-0.2, 0) is 12.8 Å². The maximum atomic E-state index is 12.1. The molecule has 0 saturated heterocycles. The SMILES string of the molecule is O=C(N/N=C/c1ccccc1Br)c1n[nH]c2c1CCCC2.